The van der Waals surface area contributed by atoms with E-state index in [1.807, 2.05) is 0 Å². The molecule has 5 atom stereocenters. The highest BCUT2D eigenvalue weighted by molar-refractivity contribution is 5.78. The van der Waals surface area contributed by atoms with Gasteiger partial charge in [0.05, 0.1) is 0 Å². The standard InChI is InChI=1S/C16H32N2O/c1-5-11(2)9-12(3)18-16(19)13(4)14-7-6-8-15(17)10-14/h11-15H,5-10,17H2,1-4H3,(H,18,19). The molecule has 0 radical (unpaired) electrons. The van der Waals surface area contributed by atoms with Gasteiger partial charge in [0.25, 0.3) is 0 Å². The van der Waals surface area contributed by atoms with E-state index in [0.29, 0.717) is 17.9 Å². The third kappa shape index (κ3) is 5.52. The Hall–Kier alpha value is -0.570. The van der Waals surface area contributed by atoms with Gasteiger partial charge < -0.3 is 11.1 Å². The highest BCUT2D eigenvalue weighted by Crippen LogP contribution is 2.29. The smallest absolute Gasteiger partial charge is 0.223 e. The molecule has 3 nitrogen and oxygen atoms in total. The lowest BCUT2D eigenvalue weighted by Gasteiger charge is -2.31. The molecule has 1 rings (SSSR count). The molecule has 0 aromatic heterocycles. The van der Waals surface area contributed by atoms with Gasteiger partial charge in [-0.1, -0.05) is 33.6 Å². The van der Waals surface area contributed by atoms with E-state index in [2.05, 4.69) is 33.0 Å². The second-order valence-corrected chi connectivity index (χ2v) is 6.63. The maximum atomic E-state index is 12.3. The first-order valence-corrected chi connectivity index (χ1v) is 8.00. The summed E-state index contributed by atoms with van der Waals surface area (Å²) in [5, 5.41) is 3.18. The van der Waals surface area contributed by atoms with Crippen molar-refractivity contribution in [3.8, 4) is 0 Å². The number of amides is 1. The fraction of sp³-hybridized carbons (Fsp3) is 0.938. The Balaban J connectivity index is 2.39. The summed E-state index contributed by atoms with van der Waals surface area (Å²) in [7, 11) is 0. The SMILES string of the molecule is CCC(C)CC(C)NC(=O)C(C)C1CCCC(N)C1. The lowest BCUT2D eigenvalue weighted by atomic mass is 9.78. The van der Waals surface area contributed by atoms with Crippen LogP contribution in [0.3, 0.4) is 0 Å². The molecule has 0 aliphatic heterocycles. The number of rotatable bonds is 6. The lowest BCUT2D eigenvalue weighted by Crippen LogP contribution is -2.41. The molecule has 0 aromatic carbocycles. The zero-order valence-electron chi connectivity index (χ0n) is 13.1. The summed E-state index contributed by atoms with van der Waals surface area (Å²) in [6, 6.07) is 0.578. The van der Waals surface area contributed by atoms with E-state index < -0.39 is 0 Å². The van der Waals surface area contributed by atoms with Crippen LogP contribution in [0.25, 0.3) is 0 Å². The molecule has 3 heteroatoms. The summed E-state index contributed by atoms with van der Waals surface area (Å²) in [6.07, 6.45) is 6.70. The molecule has 0 spiro atoms. The zero-order valence-corrected chi connectivity index (χ0v) is 13.1. The van der Waals surface area contributed by atoms with Crippen molar-refractivity contribution in [2.45, 2.75) is 78.3 Å². The molecule has 0 saturated heterocycles. The van der Waals surface area contributed by atoms with Crippen molar-refractivity contribution < 1.29 is 4.79 Å². The molecule has 0 heterocycles. The molecule has 112 valence electrons. The fourth-order valence-electron chi connectivity index (χ4n) is 3.14. The van der Waals surface area contributed by atoms with E-state index in [-0.39, 0.29) is 17.9 Å². The Morgan fingerprint density at radius 1 is 1.32 bits per heavy atom. The fourth-order valence-corrected chi connectivity index (χ4v) is 3.14. The number of hydrogen-bond acceptors (Lipinski definition) is 2. The average molecular weight is 268 g/mol. The van der Waals surface area contributed by atoms with Crippen LogP contribution >= 0.6 is 0 Å². The van der Waals surface area contributed by atoms with Crippen molar-refractivity contribution in [1.82, 2.24) is 5.32 Å². The Labute approximate surface area is 118 Å². The van der Waals surface area contributed by atoms with Crippen LogP contribution in [0.5, 0.6) is 0 Å². The van der Waals surface area contributed by atoms with Crippen LogP contribution in [-0.2, 0) is 4.79 Å². The number of carbonyl (C=O) groups excluding carboxylic acids is 1. The van der Waals surface area contributed by atoms with E-state index in [1.165, 1.54) is 12.8 Å². The Morgan fingerprint density at radius 3 is 2.58 bits per heavy atom. The normalized spacial score (nSPS) is 28.5. The minimum atomic E-state index is 0.103. The summed E-state index contributed by atoms with van der Waals surface area (Å²) in [4.78, 5) is 12.3. The number of nitrogens with one attached hydrogen (secondary N) is 1. The summed E-state index contributed by atoms with van der Waals surface area (Å²) < 4.78 is 0. The molecular weight excluding hydrogens is 236 g/mol. The van der Waals surface area contributed by atoms with Gasteiger partial charge in [-0.25, -0.2) is 0 Å². The summed E-state index contributed by atoms with van der Waals surface area (Å²) in [6.45, 7) is 8.62. The second-order valence-electron chi connectivity index (χ2n) is 6.63. The number of hydrogen-bond donors (Lipinski definition) is 2. The molecule has 1 fully saturated rings. The molecule has 1 amide bonds. The summed E-state index contributed by atoms with van der Waals surface area (Å²) in [5.41, 5.74) is 6.02. The van der Waals surface area contributed by atoms with E-state index >= 15 is 0 Å². The molecule has 19 heavy (non-hydrogen) atoms. The summed E-state index contributed by atoms with van der Waals surface area (Å²) in [5.74, 6) is 1.47. The minimum Gasteiger partial charge on any atom is -0.353 e. The predicted octanol–water partition coefficient (Wildman–Crippen LogP) is 3.08. The third-order valence-corrected chi connectivity index (χ3v) is 4.72. The quantitative estimate of drug-likeness (QED) is 0.778. The van der Waals surface area contributed by atoms with Gasteiger partial charge in [-0.05, 0) is 44.4 Å². The Bertz CT molecular complexity index is 280. The van der Waals surface area contributed by atoms with Crippen molar-refractivity contribution in [3.63, 3.8) is 0 Å². The maximum absolute atomic E-state index is 12.3. The van der Waals surface area contributed by atoms with Crippen LogP contribution < -0.4 is 11.1 Å². The van der Waals surface area contributed by atoms with Crippen molar-refractivity contribution in [2.24, 2.45) is 23.5 Å². The second kappa shape index (κ2) is 7.88. The van der Waals surface area contributed by atoms with Gasteiger partial charge in [0.1, 0.15) is 0 Å². The van der Waals surface area contributed by atoms with Gasteiger partial charge in [-0.15, -0.1) is 0 Å². The molecule has 3 N–H and O–H groups in total. The van der Waals surface area contributed by atoms with Gasteiger partial charge >= 0.3 is 0 Å². The average Bonchev–Trinajstić information content (AvgIpc) is 2.37. The van der Waals surface area contributed by atoms with Crippen LogP contribution in [-0.4, -0.2) is 18.0 Å². The molecular formula is C16H32N2O. The molecule has 0 bridgehead atoms. The van der Waals surface area contributed by atoms with Crippen molar-refractivity contribution in [1.29, 1.82) is 0 Å². The first kappa shape index (κ1) is 16.5. The van der Waals surface area contributed by atoms with Gasteiger partial charge in [0, 0.05) is 18.0 Å². The zero-order chi connectivity index (χ0) is 14.4. The lowest BCUT2D eigenvalue weighted by molar-refractivity contribution is -0.127. The van der Waals surface area contributed by atoms with E-state index in [0.717, 1.165) is 25.7 Å². The first-order valence-electron chi connectivity index (χ1n) is 8.00. The highest BCUT2D eigenvalue weighted by Gasteiger charge is 2.29. The van der Waals surface area contributed by atoms with Gasteiger partial charge in [-0.3, -0.25) is 4.79 Å². The molecule has 1 aliphatic carbocycles. The number of carbonyl (C=O) groups is 1. The van der Waals surface area contributed by atoms with Crippen LogP contribution in [0.15, 0.2) is 0 Å². The predicted molar refractivity (Wildman–Crippen MR) is 80.8 cm³/mol. The van der Waals surface area contributed by atoms with Crippen LogP contribution in [0.2, 0.25) is 0 Å². The first-order chi connectivity index (χ1) is 8.93. The third-order valence-electron chi connectivity index (χ3n) is 4.72. The maximum Gasteiger partial charge on any atom is 0.223 e. The van der Waals surface area contributed by atoms with Crippen molar-refractivity contribution in [3.05, 3.63) is 0 Å². The molecule has 1 aliphatic rings. The van der Waals surface area contributed by atoms with E-state index in [9.17, 15) is 4.79 Å². The van der Waals surface area contributed by atoms with Gasteiger partial charge in [0.15, 0.2) is 0 Å². The van der Waals surface area contributed by atoms with Crippen LogP contribution in [0.1, 0.15) is 66.2 Å². The van der Waals surface area contributed by atoms with Crippen molar-refractivity contribution >= 4 is 5.91 Å². The Morgan fingerprint density at radius 2 is 2.00 bits per heavy atom. The topological polar surface area (TPSA) is 55.1 Å². The largest absolute Gasteiger partial charge is 0.353 e. The Kier molecular flexibility index (Phi) is 6.84. The van der Waals surface area contributed by atoms with Crippen LogP contribution in [0.4, 0.5) is 0 Å². The van der Waals surface area contributed by atoms with E-state index in [1.54, 1.807) is 0 Å². The monoisotopic (exact) mass is 268 g/mol. The van der Waals surface area contributed by atoms with E-state index in [4.69, 9.17) is 5.73 Å². The summed E-state index contributed by atoms with van der Waals surface area (Å²) >= 11 is 0. The van der Waals surface area contributed by atoms with Gasteiger partial charge in [-0.2, -0.15) is 0 Å². The number of nitrogens with two attached hydrogens (primary N) is 1. The van der Waals surface area contributed by atoms with Crippen LogP contribution in [0, 0.1) is 17.8 Å². The molecule has 0 aromatic rings. The molecule has 1 saturated carbocycles. The van der Waals surface area contributed by atoms with Crippen molar-refractivity contribution in [2.75, 3.05) is 0 Å². The van der Waals surface area contributed by atoms with Gasteiger partial charge in [0.2, 0.25) is 5.91 Å². The molecule has 5 unspecified atom stereocenters. The minimum absolute atomic E-state index is 0.103. The highest BCUT2D eigenvalue weighted by atomic mass is 16.1.